The minimum atomic E-state index is -1.03. The summed E-state index contributed by atoms with van der Waals surface area (Å²) in [6.07, 6.45) is 2.64. The zero-order chi connectivity index (χ0) is 13.0. The topological polar surface area (TPSA) is 75.1 Å². The van der Waals surface area contributed by atoms with Crippen molar-refractivity contribution in [1.82, 2.24) is 9.97 Å². The third-order valence-corrected chi connectivity index (χ3v) is 2.80. The van der Waals surface area contributed by atoms with Crippen LogP contribution in [0.2, 0.25) is 0 Å². The molecule has 0 saturated heterocycles. The number of benzene rings is 1. The van der Waals surface area contributed by atoms with Crippen molar-refractivity contribution in [3.63, 3.8) is 0 Å². The van der Waals surface area contributed by atoms with Crippen molar-refractivity contribution in [3.05, 3.63) is 52.5 Å². The molecule has 6 heteroatoms. The predicted molar refractivity (Wildman–Crippen MR) is 70.5 cm³/mol. The maximum Gasteiger partial charge on any atom is 0.339 e. The summed E-state index contributed by atoms with van der Waals surface area (Å²) in [4.78, 5) is 18.7. The van der Waals surface area contributed by atoms with Crippen LogP contribution in [0.3, 0.4) is 0 Å². The average Bonchev–Trinajstić information content (AvgIpc) is 2.37. The van der Waals surface area contributed by atoms with Crippen LogP contribution in [0, 0.1) is 0 Å². The molecule has 0 spiro atoms. The van der Waals surface area contributed by atoms with Gasteiger partial charge in [0.25, 0.3) is 0 Å². The molecule has 18 heavy (non-hydrogen) atoms. The third kappa shape index (κ3) is 3.04. The SMILES string of the molecule is O=C(O)c1cncnc1CNc1cccc(Br)c1. The first-order valence-corrected chi connectivity index (χ1v) is 5.98. The molecular weight excluding hydrogens is 298 g/mol. The van der Waals surface area contributed by atoms with E-state index in [1.54, 1.807) is 0 Å². The fraction of sp³-hybridized carbons (Fsp3) is 0.0833. The van der Waals surface area contributed by atoms with E-state index in [1.165, 1.54) is 12.5 Å². The number of halogens is 1. The van der Waals surface area contributed by atoms with Crippen LogP contribution in [-0.2, 0) is 6.54 Å². The number of nitrogens with one attached hydrogen (secondary N) is 1. The van der Waals surface area contributed by atoms with Crippen LogP contribution in [0.15, 0.2) is 41.3 Å². The second-order valence-electron chi connectivity index (χ2n) is 3.55. The summed E-state index contributed by atoms with van der Waals surface area (Å²) in [5.74, 6) is -1.03. The predicted octanol–water partition coefficient (Wildman–Crippen LogP) is 2.55. The zero-order valence-electron chi connectivity index (χ0n) is 9.30. The normalized spacial score (nSPS) is 10.1. The summed E-state index contributed by atoms with van der Waals surface area (Å²) in [5.41, 5.74) is 1.46. The number of hydrogen-bond donors (Lipinski definition) is 2. The van der Waals surface area contributed by atoms with Gasteiger partial charge in [0.1, 0.15) is 11.9 Å². The van der Waals surface area contributed by atoms with Gasteiger partial charge in [-0.3, -0.25) is 0 Å². The zero-order valence-corrected chi connectivity index (χ0v) is 10.9. The summed E-state index contributed by atoms with van der Waals surface area (Å²) >= 11 is 3.37. The molecule has 0 aliphatic rings. The Balaban J connectivity index is 2.13. The molecule has 1 aromatic heterocycles. The fourth-order valence-electron chi connectivity index (χ4n) is 1.46. The van der Waals surface area contributed by atoms with Crippen molar-refractivity contribution in [2.75, 3.05) is 5.32 Å². The fourth-order valence-corrected chi connectivity index (χ4v) is 1.86. The van der Waals surface area contributed by atoms with E-state index in [2.05, 4.69) is 31.2 Å². The molecule has 0 amide bonds. The molecule has 0 radical (unpaired) electrons. The molecule has 92 valence electrons. The number of rotatable bonds is 4. The first-order chi connectivity index (χ1) is 8.66. The molecule has 0 bridgehead atoms. The molecule has 2 aromatic rings. The lowest BCUT2D eigenvalue weighted by molar-refractivity contribution is 0.0694. The lowest BCUT2D eigenvalue weighted by atomic mass is 10.2. The molecule has 5 nitrogen and oxygen atoms in total. The van der Waals surface area contributed by atoms with Gasteiger partial charge in [-0.1, -0.05) is 22.0 Å². The van der Waals surface area contributed by atoms with E-state index in [0.29, 0.717) is 12.2 Å². The number of nitrogens with zero attached hydrogens (tertiary/aromatic N) is 2. The van der Waals surface area contributed by atoms with Gasteiger partial charge in [0.2, 0.25) is 0 Å². The van der Waals surface area contributed by atoms with Crippen LogP contribution in [0.1, 0.15) is 16.1 Å². The molecule has 0 aliphatic heterocycles. The van der Waals surface area contributed by atoms with Crippen LogP contribution in [-0.4, -0.2) is 21.0 Å². The summed E-state index contributed by atoms with van der Waals surface area (Å²) in [7, 11) is 0. The minimum absolute atomic E-state index is 0.111. The molecule has 0 atom stereocenters. The van der Waals surface area contributed by atoms with E-state index in [4.69, 9.17) is 5.11 Å². The first-order valence-electron chi connectivity index (χ1n) is 5.18. The van der Waals surface area contributed by atoms with E-state index in [1.807, 2.05) is 24.3 Å². The number of hydrogen-bond acceptors (Lipinski definition) is 4. The van der Waals surface area contributed by atoms with E-state index in [-0.39, 0.29) is 5.56 Å². The lowest BCUT2D eigenvalue weighted by Gasteiger charge is -2.07. The summed E-state index contributed by atoms with van der Waals surface area (Å²) < 4.78 is 0.952. The Morgan fingerprint density at radius 3 is 3.00 bits per heavy atom. The summed E-state index contributed by atoms with van der Waals surface area (Å²) in [5, 5.41) is 12.1. The van der Waals surface area contributed by atoms with Gasteiger partial charge in [-0.25, -0.2) is 14.8 Å². The van der Waals surface area contributed by atoms with Crippen molar-refractivity contribution in [2.24, 2.45) is 0 Å². The highest BCUT2D eigenvalue weighted by Gasteiger charge is 2.10. The molecule has 1 heterocycles. The molecule has 0 unspecified atom stereocenters. The molecule has 1 aromatic carbocycles. The second-order valence-corrected chi connectivity index (χ2v) is 4.47. The standard InChI is InChI=1S/C12H10BrN3O2/c13-8-2-1-3-9(4-8)15-6-11-10(12(17)18)5-14-7-16-11/h1-5,7,15H,6H2,(H,17,18). The maximum absolute atomic E-state index is 11.0. The van der Waals surface area contributed by atoms with Crippen LogP contribution in [0.4, 0.5) is 5.69 Å². The molecule has 0 fully saturated rings. The van der Waals surface area contributed by atoms with Crippen LogP contribution in [0.25, 0.3) is 0 Å². The summed E-state index contributed by atoms with van der Waals surface area (Å²) in [6.45, 7) is 0.334. The average molecular weight is 308 g/mol. The van der Waals surface area contributed by atoms with E-state index >= 15 is 0 Å². The molecular formula is C12H10BrN3O2. The van der Waals surface area contributed by atoms with Gasteiger partial charge in [-0.2, -0.15) is 0 Å². The highest BCUT2D eigenvalue weighted by Crippen LogP contribution is 2.16. The van der Waals surface area contributed by atoms with Crippen molar-refractivity contribution in [1.29, 1.82) is 0 Å². The van der Waals surface area contributed by atoms with Gasteiger partial charge >= 0.3 is 5.97 Å². The van der Waals surface area contributed by atoms with Gasteiger partial charge in [-0.05, 0) is 18.2 Å². The van der Waals surface area contributed by atoms with Crippen molar-refractivity contribution < 1.29 is 9.90 Å². The number of carboxylic acid groups (broad SMARTS) is 1. The number of carboxylic acids is 1. The minimum Gasteiger partial charge on any atom is -0.478 e. The third-order valence-electron chi connectivity index (χ3n) is 2.31. The largest absolute Gasteiger partial charge is 0.478 e. The Morgan fingerprint density at radius 2 is 2.28 bits per heavy atom. The van der Waals surface area contributed by atoms with Gasteiger partial charge in [-0.15, -0.1) is 0 Å². The van der Waals surface area contributed by atoms with Gasteiger partial charge < -0.3 is 10.4 Å². The van der Waals surface area contributed by atoms with Crippen molar-refractivity contribution in [2.45, 2.75) is 6.54 Å². The van der Waals surface area contributed by atoms with E-state index in [9.17, 15) is 4.79 Å². The van der Waals surface area contributed by atoms with Crippen molar-refractivity contribution >= 4 is 27.6 Å². The Kier molecular flexibility index (Phi) is 3.88. The Labute approximate surface area is 112 Å². The summed E-state index contributed by atoms with van der Waals surface area (Å²) in [6, 6.07) is 7.61. The van der Waals surface area contributed by atoms with Crippen LogP contribution < -0.4 is 5.32 Å². The Bertz CT molecular complexity index is 575. The quantitative estimate of drug-likeness (QED) is 0.908. The van der Waals surface area contributed by atoms with E-state index < -0.39 is 5.97 Å². The first kappa shape index (κ1) is 12.5. The number of anilines is 1. The van der Waals surface area contributed by atoms with E-state index in [0.717, 1.165) is 10.2 Å². The highest BCUT2D eigenvalue weighted by atomic mass is 79.9. The highest BCUT2D eigenvalue weighted by molar-refractivity contribution is 9.10. The number of carbonyl (C=O) groups is 1. The van der Waals surface area contributed by atoms with Crippen LogP contribution in [0.5, 0.6) is 0 Å². The number of aromatic carboxylic acids is 1. The molecule has 0 saturated carbocycles. The monoisotopic (exact) mass is 307 g/mol. The van der Waals surface area contributed by atoms with Crippen LogP contribution >= 0.6 is 15.9 Å². The van der Waals surface area contributed by atoms with Gasteiger partial charge in [0.05, 0.1) is 12.2 Å². The van der Waals surface area contributed by atoms with Gasteiger partial charge in [0.15, 0.2) is 0 Å². The molecule has 2 N–H and O–H groups in total. The van der Waals surface area contributed by atoms with Crippen molar-refractivity contribution in [3.8, 4) is 0 Å². The molecule has 2 rings (SSSR count). The Morgan fingerprint density at radius 1 is 1.44 bits per heavy atom. The maximum atomic E-state index is 11.0. The second kappa shape index (κ2) is 5.59. The van der Waals surface area contributed by atoms with Gasteiger partial charge in [0, 0.05) is 16.4 Å². The number of aromatic nitrogens is 2. The molecule has 0 aliphatic carbocycles. The Hall–Kier alpha value is -1.95. The lowest BCUT2D eigenvalue weighted by Crippen LogP contribution is -2.10. The smallest absolute Gasteiger partial charge is 0.339 e.